The minimum absolute atomic E-state index is 0.117. The molecule has 3 rings (SSSR count). The summed E-state index contributed by atoms with van der Waals surface area (Å²) in [7, 11) is 0. The van der Waals surface area contributed by atoms with Crippen molar-refractivity contribution in [3.8, 4) is 11.5 Å². The Kier molecular flexibility index (Phi) is 4.09. The summed E-state index contributed by atoms with van der Waals surface area (Å²) >= 11 is 0. The van der Waals surface area contributed by atoms with Crippen LogP contribution < -0.4 is 14.8 Å². The molecule has 6 heteroatoms. The van der Waals surface area contributed by atoms with E-state index < -0.39 is 0 Å². The number of hydrogen-bond donors (Lipinski definition) is 1. The maximum Gasteiger partial charge on any atom is 0.248 e. The molecular formula is C16H17N3O3. The maximum atomic E-state index is 11.5. The molecule has 1 atom stereocenters. The normalized spacial score (nSPS) is 16.7. The van der Waals surface area contributed by atoms with Crippen LogP contribution in [0.25, 0.3) is 0 Å². The molecule has 0 fully saturated rings. The number of carbonyl (C=O) groups is 1. The molecular weight excluding hydrogens is 282 g/mol. The molecule has 1 aliphatic heterocycles. The minimum atomic E-state index is -0.173. The molecule has 1 aromatic heterocycles. The van der Waals surface area contributed by atoms with Crippen molar-refractivity contribution >= 4 is 11.6 Å². The second-order valence-corrected chi connectivity index (χ2v) is 4.94. The second-order valence-electron chi connectivity index (χ2n) is 4.94. The average Bonchev–Trinajstić information content (AvgIpc) is 2.94. The van der Waals surface area contributed by atoms with Gasteiger partial charge >= 0.3 is 0 Å². The van der Waals surface area contributed by atoms with Crippen LogP contribution in [0.5, 0.6) is 11.5 Å². The van der Waals surface area contributed by atoms with Gasteiger partial charge in [0, 0.05) is 6.20 Å². The number of nitrogens with zero attached hydrogens (tertiary/aromatic N) is 2. The first-order chi connectivity index (χ1) is 10.7. The van der Waals surface area contributed by atoms with Gasteiger partial charge < -0.3 is 14.8 Å². The number of fused-ring (bicyclic) bond motifs is 1. The van der Waals surface area contributed by atoms with Gasteiger partial charge in [0.05, 0.1) is 18.4 Å². The SMILES string of the molecule is C/C=C/C(=O)Nc1cnn(C[C@@H]2COc3ccccc3O2)c1. The number of carbonyl (C=O) groups excluding carboxylic acids is 1. The molecule has 6 nitrogen and oxygen atoms in total. The van der Waals surface area contributed by atoms with Crippen molar-refractivity contribution in [1.82, 2.24) is 9.78 Å². The van der Waals surface area contributed by atoms with Crippen molar-refractivity contribution in [2.75, 3.05) is 11.9 Å². The number of amides is 1. The summed E-state index contributed by atoms with van der Waals surface area (Å²) in [5, 5.41) is 6.96. The smallest absolute Gasteiger partial charge is 0.248 e. The molecule has 0 saturated carbocycles. The topological polar surface area (TPSA) is 65.4 Å². The van der Waals surface area contributed by atoms with Crippen LogP contribution in [-0.2, 0) is 11.3 Å². The summed E-state index contributed by atoms with van der Waals surface area (Å²) in [5.74, 6) is 1.33. The molecule has 0 spiro atoms. The van der Waals surface area contributed by atoms with E-state index in [0.29, 0.717) is 18.8 Å². The molecule has 1 N–H and O–H groups in total. The molecule has 1 aromatic carbocycles. The summed E-state index contributed by atoms with van der Waals surface area (Å²) in [6.07, 6.45) is 6.41. The van der Waals surface area contributed by atoms with Crippen LogP contribution in [0.2, 0.25) is 0 Å². The Morgan fingerprint density at radius 3 is 3.09 bits per heavy atom. The van der Waals surface area contributed by atoms with E-state index in [1.165, 1.54) is 6.08 Å². The Balaban J connectivity index is 1.60. The Hall–Kier alpha value is -2.76. The minimum Gasteiger partial charge on any atom is -0.486 e. The summed E-state index contributed by atoms with van der Waals surface area (Å²) < 4.78 is 13.3. The first kappa shape index (κ1) is 14.2. The van der Waals surface area contributed by atoms with E-state index in [0.717, 1.165) is 11.5 Å². The molecule has 2 heterocycles. The number of benzene rings is 1. The van der Waals surface area contributed by atoms with Gasteiger partial charge in [0.15, 0.2) is 17.6 Å². The van der Waals surface area contributed by atoms with Crippen molar-refractivity contribution < 1.29 is 14.3 Å². The number of aromatic nitrogens is 2. The summed E-state index contributed by atoms with van der Waals surface area (Å²) in [6, 6.07) is 7.59. The standard InChI is InChI=1S/C16H17N3O3/c1-2-5-16(20)18-12-8-17-19(9-12)10-13-11-21-14-6-3-4-7-15(14)22-13/h2-9,13H,10-11H2,1H3,(H,18,20)/b5-2+/t13-/m1/s1. The third-order valence-electron chi connectivity index (χ3n) is 3.18. The number of para-hydroxylation sites is 2. The lowest BCUT2D eigenvalue weighted by molar-refractivity contribution is -0.111. The fourth-order valence-electron chi connectivity index (χ4n) is 2.22. The van der Waals surface area contributed by atoms with Crippen LogP contribution in [0.3, 0.4) is 0 Å². The number of ether oxygens (including phenoxy) is 2. The highest BCUT2D eigenvalue weighted by molar-refractivity contribution is 5.98. The zero-order valence-electron chi connectivity index (χ0n) is 12.2. The third-order valence-corrected chi connectivity index (χ3v) is 3.18. The van der Waals surface area contributed by atoms with Gasteiger partial charge in [-0.05, 0) is 25.1 Å². The molecule has 1 aliphatic rings. The van der Waals surface area contributed by atoms with E-state index in [1.54, 1.807) is 30.1 Å². The predicted molar refractivity (Wildman–Crippen MR) is 82.0 cm³/mol. The maximum absolute atomic E-state index is 11.5. The molecule has 1 amide bonds. The molecule has 0 unspecified atom stereocenters. The number of rotatable bonds is 4. The van der Waals surface area contributed by atoms with E-state index in [4.69, 9.17) is 9.47 Å². The molecule has 0 saturated heterocycles. The zero-order valence-corrected chi connectivity index (χ0v) is 12.2. The lowest BCUT2D eigenvalue weighted by atomic mass is 10.2. The van der Waals surface area contributed by atoms with Crippen molar-refractivity contribution in [1.29, 1.82) is 0 Å². The van der Waals surface area contributed by atoms with Crippen LogP contribution in [-0.4, -0.2) is 28.4 Å². The van der Waals surface area contributed by atoms with Gasteiger partial charge in [0.1, 0.15) is 6.61 Å². The van der Waals surface area contributed by atoms with Crippen LogP contribution in [0.4, 0.5) is 5.69 Å². The number of nitrogens with one attached hydrogen (secondary N) is 1. The van der Waals surface area contributed by atoms with Crippen molar-refractivity contribution in [3.63, 3.8) is 0 Å². The highest BCUT2D eigenvalue weighted by Crippen LogP contribution is 2.31. The van der Waals surface area contributed by atoms with Crippen molar-refractivity contribution in [2.24, 2.45) is 0 Å². The monoisotopic (exact) mass is 299 g/mol. The van der Waals surface area contributed by atoms with Gasteiger partial charge in [-0.1, -0.05) is 18.2 Å². The van der Waals surface area contributed by atoms with Crippen molar-refractivity contribution in [3.05, 3.63) is 48.8 Å². The lowest BCUT2D eigenvalue weighted by Crippen LogP contribution is -2.33. The van der Waals surface area contributed by atoms with Gasteiger partial charge in [0.25, 0.3) is 0 Å². The van der Waals surface area contributed by atoms with E-state index in [1.807, 2.05) is 24.3 Å². The number of hydrogen-bond acceptors (Lipinski definition) is 4. The fourth-order valence-corrected chi connectivity index (χ4v) is 2.22. The predicted octanol–water partition coefficient (Wildman–Crippen LogP) is 2.24. The molecule has 22 heavy (non-hydrogen) atoms. The van der Waals surface area contributed by atoms with Gasteiger partial charge in [0.2, 0.25) is 5.91 Å². The van der Waals surface area contributed by atoms with Crippen LogP contribution >= 0.6 is 0 Å². The van der Waals surface area contributed by atoms with Gasteiger partial charge in [-0.15, -0.1) is 0 Å². The highest BCUT2D eigenvalue weighted by Gasteiger charge is 2.21. The second kappa shape index (κ2) is 6.34. The van der Waals surface area contributed by atoms with Gasteiger partial charge in [-0.3, -0.25) is 9.48 Å². The van der Waals surface area contributed by atoms with E-state index in [-0.39, 0.29) is 12.0 Å². The first-order valence-corrected chi connectivity index (χ1v) is 7.09. The summed E-state index contributed by atoms with van der Waals surface area (Å²) in [4.78, 5) is 11.5. The Bertz CT molecular complexity index is 693. The lowest BCUT2D eigenvalue weighted by Gasteiger charge is -2.26. The van der Waals surface area contributed by atoms with Crippen LogP contribution in [0.15, 0.2) is 48.8 Å². The molecule has 114 valence electrons. The van der Waals surface area contributed by atoms with Crippen molar-refractivity contribution in [2.45, 2.75) is 19.6 Å². The molecule has 2 aromatic rings. The third kappa shape index (κ3) is 3.28. The van der Waals surface area contributed by atoms with Crippen LogP contribution in [0.1, 0.15) is 6.92 Å². The Morgan fingerprint density at radius 2 is 2.27 bits per heavy atom. The quantitative estimate of drug-likeness (QED) is 0.879. The van der Waals surface area contributed by atoms with Crippen LogP contribution in [0, 0.1) is 0 Å². The summed E-state index contributed by atoms with van der Waals surface area (Å²) in [6.45, 7) is 2.81. The zero-order chi connectivity index (χ0) is 15.4. The number of allylic oxidation sites excluding steroid dienone is 1. The van der Waals surface area contributed by atoms with E-state index in [9.17, 15) is 4.79 Å². The highest BCUT2D eigenvalue weighted by atomic mass is 16.6. The number of anilines is 1. The average molecular weight is 299 g/mol. The summed E-state index contributed by atoms with van der Waals surface area (Å²) in [5.41, 5.74) is 0.653. The first-order valence-electron chi connectivity index (χ1n) is 7.09. The fraction of sp³-hybridized carbons (Fsp3) is 0.250. The van der Waals surface area contributed by atoms with E-state index in [2.05, 4.69) is 10.4 Å². The largest absolute Gasteiger partial charge is 0.486 e. The van der Waals surface area contributed by atoms with Gasteiger partial charge in [-0.25, -0.2) is 0 Å². The Labute approximate surface area is 128 Å². The molecule has 0 bridgehead atoms. The molecule has 0 radical (unpaired) electrons. The van der Waals surface area contributed by atoms with E-state index >= 15 is 0 Å². The Morgan fingerprint density at radius 1 is 1.45 bits per heavy atom. The van der Waals surface area contributed by atoms with Gasteiger partial charge in [-0.2, -0.15) is 5.10 Å². The molecule has 0 aliphatic carbocycles.